The molecule has 0 spiro atoms. The third-order valence-electron chi connectivity index (χ3n) is 5.96. The van der Waals surface area contributed by atoms with E-state index in [-0.39, 0.29) is 29.6 Å². The van der Waals surface area contributed by atoms with Gasteiger partial charge >= 0.3 is 18.2 Å². The molecule has 1 saturated carbocycles. The standard InChI is InChI=1S/C21H21F4N7O2/c1-3-14-15-8-31(19-26-11(2)30-34-19)9-16(15)17(14)27-18-28-20(32(29-18)10-21(23,24)25)33-13-6-4-5-12(22)7-13/h3-7,15-17H,8-10H2,1-2H3,(H,27,29)/b14-3+. The van der Waals surface area contributed by atoms with Gasteiger partial charge in [-0.2, -0.15) is 23.1 Å². The van der Waals surface area contributed by atoms with E-state index in [1.54, 1.807) is 6.92 Å². The third kappa shape index (κ3) is 4.29. The molecule has 1 aliphatic carbocycles. The van der Waals surface area contributed by atoms with Crippen LogP contribution in [0.2, 0.25) is 0 Å². The highest BCUT2D eigenvalue weighted by molar-refractivity contribution is 5.46. The van der Waals surface area contributed by atoms with Gasteiger partial charge in [0, 0.05) is 31.0 Å². The van der Waals surface area contributed by atoms with Crippen LogP contribution in [0.25, 0.3) is 0 Å². The Balaban J connectivity index is 1.36. The molecule has 0 amide bonds. The van der Waals surface area contributed by atoms with Gasteiger partial charge in [-0.1, -0.05) is 17.3 Å². The molecule has 3 aromatic rings. The normalized spacial score (nSPS) is 23.2. The van der Waals surface area contributed by atoms with Crippen molar-refractivity contribution in [1.29, 1.82) is 0 Å². The Morgan fingerprint density at radius 2 is 2.09 bits per heavy atom. The highest BCUT2D eigenvalue weighted by atomic mass is 19.4. The molecule has 9 nitrogen and oxygen atoms in total. The number of aryl methyl sites for hydroxylation is 1. The summed E-state index contributed by atoms with van der Waals surface area (Å²) in [4.78, 5) is 10.4. The van der Waals surface area contributed by atoms with Gasteiger partial charge in [-0.15, -0.1) is 5.10 Å². The van der Waals surface area contributed by atoms with Crippen molar-refractivity contribution in [3.05, 3.63) is 47.6 Å². The van der Waals surface area contributed by atoms with Crippen LogP contribution in [0.1, 0.15) is 12.7 Å². The average Bonchev–Trinajstić information content (AvgIpc) is 3.44. The van der Waals surface area contributed by atoms with Gasteiger partial charge in [-0.05, 0) is 31.6 Å². The lowest BCUT2D eigenvalue weighted by atomic mass is 9.67. The van der Waals surface area contributed by atoms with Gasteiger partial charge in [0.05, 0.1) is 6.04 Å². The van der Waals surface area contributed by atoms with Crippen molar-refractivity contribution >= 4 is 12.0 Å². The molecule has 34 heavy (non-hydrogen) atoms. The van der Waals surface area contributed by atoms with Gasteiger partial charge in [0.2, 0.25) is 5.95 Å². The minimum absolute atomic E-state index is 0.00876. The van der Waals surface area contributed by atoms with Gasteiger partial charge in [0.25, 0.3) is 0 Å². The molecule has 1 aromatic carbocycles. The average molecular weight is 479 g/mol. The zero-order valence-corrected chi connectivity index (χ0v) is 18.3. The zero-order valence-electron chi connectivity index (χ0n) is 18.3. The number of nitrogens with one attached hydrogen (secondary N) is 1. The van der Waals surface area contributed by atoms with Crippen LogP contribution in [0.4, 0.5) is 29.5 Å². The lowest BCUT2D eigenvalue weighted by Gasteiger charge is -2.42. The van der Waals surface area contributed by atoms with E-state index < -0.39 is 24.5 Å². The number of rotatable bonds is 6. The number of ether oxygens (including phenoxy) is 1. The smallest absolute Gasteiger partial charge is 0.408 e. The summed E-state index contributed by atoms with van der Waals surface area (Å²) in [6, 6.07) is 4.94. The first-order valence-corrected chi connectivity index (χ1v) is 10.6. The van der Waals surface area contributed by atoms with Crippen LogP contribution in [0.5, 0.6) is 11.8 Å². The Morgan fingerprint density at radius 1 is 1.26 bits per heavy atom. The van der Waals surface area contributed by atoms with E-state index in [0.717, 1.165) is 11.6 Å². The van der Waals surface area contributed by atoms with Crippen molar-refractivity contribution < 1.29 is 26.8 Å². The van der Waals surface area contributed by atoms with E-state index >= 15 is 0 Å². The molecule has 3 atom stereocenters. The first-order valence-electron chi connectivity index (χ1n) is 10.6. The number of nitrogens with zero attached hydrogens (tertiary/aromatic N) is 6. The topological polar surface area (TPSA) is 94.1 Å². The van der Waals surface area contributed by atoms with Crippen LogP contribution in [-0.2, 0) is 6.54 Å². The molecular formula is C21H21F4N7O2. The van der Waals surface area contributed by atoms with Crippen LogP contribution < -0.4 is 15.0 Å². The zero-order chi connectivity index (χ0) is 24.0. The van der Waals surface area contributed by atoms with Gasteiger partial charge < -0.3 is 19.5 Å². The number of hydrogen-bond donors (Lipinski definition) is 1. The maximum absolute atomic E-state index is 13.5. The maximum atomic E-state index is 13.5. The number of aromatic nitrogens is 5. The Bertz CT molecular complexity index is 1220. The fourth-order valence-electron chi connectivity index (χ4n) is 4.55. The predicted molar refractivity (Wildman–Crippen MR) is 112 cm³/mol. The summed E-state index contributed by atoms with van der Waals surface area (Å²) in [6.07, 6.45) is -2.56. The van der Waals surface area contributed by atoms with Crippen LogP contribution >= 0.6 is 0 Å². The summed E-state index contributed by atoms with van der Waals surface area (Å²) >= 11 is 0. The summed E-state index contributed by atoms with van der Waals surface area (Å²) < 4.78 is 64.1. The van der Waals surface area contributed by atoms with Crippen LogP contribution in [0.15, 0.2) is 40.4 Å². The SMILES string of the molecule is C/C=C1\C2CN(c3nc(C)no3)CC2C1Nc1nc(Oc2cccc(F)c2)n(CC(F)(F)F)n1. The summed E-state index contributed by atoms with van der Waals surface area (Å²) in [6.45, 7) is 3.59. The predicted octanol–water partition coefficient (Wildman–Crippen LogP) is 3.96. The van der Waals surface area contributed by atoms with Gasteiger partial charge in [0.1, 0.15) is 18.1 Å². The van der Waals surface area contributed by atoms with Gasteiger partial charge in [0.15, 0.2) is 5.82 Å². The van der Waals surface area contributed by atoms with Crippen molar-refractivity contribution in [2.24, 2.45) is 11.8 Å². The number of alkyl halides is 3. The molecule has 3 heterocycles. The second-order valence-electron chi connectivity index (χ2n) is 8.26. The first kappa shape index (κ1) is 22.2. The molecule has 2 aromatic heterocycles. The van der Waals surface area contributed by atoms with Crippen molar-refractivity contribution in [2.75, 3.05) is 23.3 Å². The van der Waals surface area contributed by atoms with E-state index in [4.69, 9.17) is 9.26 Å². The van der Waals surface area contributed by atoms with E-state index in [2.05, 4.69) is 25.5 Å². The summed E-state index contributed by atoms with van der Waals surface area (Å²) in [5.74, 6) is 0.362. The van der Waals surface area contributed by atoms with Gasteiger partial charge in [-0.3, -0.25) is 0 Å². The molecular weight excluding hydrogens is 458 g/mol. The number of allylic oxidation sites excluding steroid dienone is 1. The molecule has 1 saturated heterocycles. The molecule has 13 heteroatoms. The molecule has 1 N–H and O–H groups in total. The Labute approximate surface area is 191 Å². The number of benzene rings is 1. The van der Waals surface area contributed by atoms with E-state index in [1.165, 1.54) is 18.2 Å². The Hall–Kier alpha value is -3.64. The monoisotopic (exact) mass is 479 g/mol. The number of halogens is 4. The molecule has 2 fully saturated rings. The lowest BCUT2D eigenvalue weighted by Crippen LogP contribution is -2.48. The molecule has 1 aliphatic heterocycles. The minimum atomic E-state index is -4.55. The highest BCUT2D eigenvalue weighted by Crippen LogP contribution is 2.47. The van der Waals surface area contributed by atoms with Gasteiger partial charge in [-0.25, -0.2) is 9.07 Å². The molecule has 5 rings (SSSR count). The third-order valence-corrected chi connectivity index (χ3v) is 5.96. The molecule has 180 valence electrons. The summed E-state index contributed by atoms with van der Waals surface area (Å²) in [5.41, 5.74) is 1.10. The van der Waals surface area contributed by atoms with Crippen molar-refractivity contribution in [1.82, 2.24) is 24.9 Å². The van der Waals surface area contributed by atoms with Crippen LogP contribution in [-0.4, -0.2) is 50.2 Å². The quantitative estimate of drug-likeness (QED) is 0.420. The summed E-state index contributed by atoms with van der Waals surface area (Å²) in [7, 11) is 0. The van der Waals surface area contributed by atoms with E-state index in [1.807, 2.05) is 17.9 Å². The molecule has 0 radical (unpaired) electrons. The molecule has 3 unspecified atom stereocenters. The van der Waals surface area contributed by atoms with Crippen molar-refractivity contribution in [3.8, 4) is 11.8 Å². The number of fused-ring (bicyclic) bond motifs is 1. The molecule has 2 aliphatic rings. The fraction of sp³-hybridized carbons (Fsp3) is 0.429. The van der Waals surface area contributed by atoms with Crippen LogP contribution in [0.3, 0.4) is 0 Å². The lowest BCUT2D eigenvalue weighted by molar-refractivity contribution is -0.143. The number of anilines is 2. The largest absolute Gasteiger partial charge is 0.424 e. The summed E-state index contributed by atoms with van der Waals surface area (Å²) in [5, 5.41) is 10.9. The van der Waals surface area contributed by atoms with Crippen molar-refractivity contribution in [3.63, 3.8) is 0 Å². The highest BCUT2D eigenvalue weighted by Gasteiger charge is 2.52. The maximum Gasteiger partial charge on any atom is 0.408 e. The second kappa shape index (κ2) is 8.29. The Kier molecular flexibility index (Phi) is 5.41. The van der Waals surface area contributed by atoms with Crippen molar-refractivity contribution in [2.45, 2.75) is 32.6 Å². The Morgan fingerprint density at radius 3 is 2.76 bits per heavy atom. The fourth-order valence-corrected chi connectivity index (χ4v) is 4.55. The van der Waals surface area contributed by atoms with E-state index in [0.29, 0.717) is 29.6 Å². The second-order valence-corrected chi connectivity index (χ2v) is 8.26. The molecule has 0 bridgehead atoms. The minimum Gasteiger partial charge on any atom is -0.424 e. The first-order chi connectivity index (χ1) is 16.2. The number of hydrogen-bond acceptors (Lipinski definition) is 8. The van der Waals surface area contributed by atoms with Crippen LogP contribution in [0, 0.1) is 24.6 Å². The van der Waals surface area contributed by atoms with E-state index in [9.17, 15) is 17.6 Å².